The number of benzene rings is 1. The molecule has 1 saturated carbocycles. The van der Waals surface area contributed by atoms with E-state index in [1.54, 1.807) is 0 Å². The number of ether oxygens (including phenoxy) is 1. The quantitative estimate of drug-likeness (QED) is 0.536. The summed E-state index contributed by atoms with van der Waals surface area (Å²) in [5.41, 5.74) is 1.23. The smallest absolute Gasteiger partial charge is 0.192 e. The predicted octanol–water partition coefficient (Wildman–Crippen LogP) is 3.66. The second-order valence-electron chi connectivity index (χ2n) is 8.47. The Kier molecular flexibility index (Phi) is 7.85. The van der Waals surface area contributed by atoms with E-state index in [1.165, 1.54) is 5.56 Å². The van der Waals surface area contributed by atoms with Gasteiger partial charge in [-0.05, 0) is 58.9 Å². The zero-order chi connectivity index (χ0) is 21.5. The minimum Gasteiger partial charge on any atom is -0.376 e. The first-order chi connectivity index (χ1) is 14.4. The highest BCUT2D eigenvalue weighted by Gasteiger charge is 2.23. The highest BCUT2D eigenvalue weighted by atomic mass is 16.5. The third-order valence-corrected chi connectivity index (χ3v) is 5.69. The lowest BCUT2D eigenvalue weighted by molar-refractivity contribution is -0.0152. The molecule has 0 spiro atoms. The van der Waals surface area contributed by atoms with Gasteiger partial charge in [0.15, 0.2) is 11.8 Å². The monoisotopic (exact) mass is 412 g/mol. The van der Waals surface area contributed by atoms with Crippen LogP contribution in [0.5, 0.6) is 0 Å². The fourth-order valence-electron chi connectivity index (χ4n) is 3.82. The Hall–Kier alpha value is -2.41. The summed E-state index contributed by atoms with van der Waals surface area (Å²) < 4.78 is 7.98. The molecule has 1 atom stereocenters. The molecule has 1 unspecified atom stereocenters. The van der Waals surface area contributed by atoms with Crippen LogP contribution in [0.25, 0.3) is 0 Å². The average Bonchev–Trinajstić information content (AvgIpc) is 3.05. The fraction of sp³-hybridized carbons (Fsp3) is 0.609. The topological polar surface area (TPSA) is 76.4 Å². The Bertz CT molecular complexity index is 808. The Labute approximate surface area is 180 Å². The summed E-state index contributed by atoms with van der Waals surface area (Å²) in [6.45, 7) is 8.81. The number of rotatable bonds is 7. The predicted molar refractivity (Wildman–Crippen MR) is 120 cm³/mol. The van der Waals surface area contributed by atoms with Crippen LogP contribution >= 0.6 is 0 Å². The van der Waals surface area contributed by atoms with Gasteiger partial charge in [0.1, 0.15) is 12.4 Å². The lowest BCUT2D eigenvalue weighted by Crippen LogP contribution is -2.46. The maximum Gasteiger partial charge on any atom is 0.192 e. The molecule has 1 fully saturated rings. The molecule has 1 aliphatic carbocycles. The maximum atomic E-state index is 6.00. The number of aliphatic imine (C=N–C) groups is 1. The van der Waals surface area contributed by atoms with Crippen molar-refractivity contribution in [3.05, 3.63) is 47.5 Å². The van der Waals surface area contributed by atoms with Crippen LogP contribution in [0.4, 0.5) is 0 Å². The molecule has 2 N–H and O–H groups in total. The Morgan fingerprint density at radius 3 is 2.43 bits per heavy atom. The number of aromatic nitrogens is 3. The summed E-state index contributed by atoms with van der Waals surface area (Å²) in [4.78, 5) is 4.83. The summed E-state index contributed by atoms with van der Waals surface area (Å²) in [5, 5.41) is 15.6. The average molecular weight is 413 g/mol. The van der Waals surface area contributed by atoms with Crippen molar-refractivity contribution in [2.45, 2.75) is 84.2 Å². The summed E-state index contributed by atoms with van der Waals surface area (Å²) in [6.07, 6.45) is 5.00. The van der Waals surface area contributed by atoms with Gasteiger partial charge >= 0.3 is 0 Å². The highest BCUT2D eigenvalue weighted by Crippen LogP contribution is 2.22. The molecule has 0 radical (unpaired) electrons. The van der Waals surface area contributed by atoms with E-state index < -0.39 is 0 Å². The number of hydrogen-bond acceptors (Lipinski definition) is 4. The number of guanidine groups is 1. The first-order valence-electron chi connectivity index (χ1n) is 11.0. The van der Waals surface area contributed by atoms with Gasteiger partial charge in [-0.2, -0.15) is 0 Å². The molecule has 30 heavy (non-hydrogen) atoms. The van der Waals surface area contributed by atoms with Gasteiger partial charge in [-0.3, -0.25) is 0 Å². The van der Waals surface area contributed by atoms with E-state index in [2.05, 4.69) is 65.9 Å². The molecule has 1 aliphatic rings. The molecule has 0 bridgehead atoms. The van der Waals surface area contributed by atoms with E-state index in [4.69, 9.17) is 9.73 Å². The van der Waals surface area contributed by atoms with Crippen LogP contribution in [0.2, 0.25) is 0 Å². The Morgan fingerprint density at radius 1 is 1.13 bits per heavy atom. The highest BCUT2D eigenvalue weighted by molar-refractivity contribution is 5.80. The van der Waals surface area contributed by atoms with Crippen molar-refractivity contribution in [2.75, 3.05) is 0 Å². The second kappa shape index (κ2) is 10.6. The SMILES string of the molecule is Cc1nnc(CN=C(NC2CCC(OC(C)C)CC2)NC(C)c2ccccc2)n1C. The van der Waals surface area contributed by atoms with Crippen molar-refractivity contribution in [1.29, 1.82) is 0 Å². The van der Waals surface area contributed by atoms with Gasteiger partial charge in [0, 0.05) is 13.1 Å². The van der Waals surface area contributed by atoms with E-state index in [-0.39, 0.29) is 6.04 Å². The van der Waals surface area contributed by atoms with Crippen LogP contribution in [-0.2, 0) is 18.3 Å². The molecule has 7 nitrogen and oxygen atoms in total. The van der Waals surface area contributed by atoms with Gasteiger partial charge in [-0.15, -0.1) is 10.2 Å². The Morgan fingerprint density at radius 2 is 1.83 bits per heavy atom. The van der Waals surface area contributed by atoms with Gasteiger partial charge in [0.2, 0.25) is 0 Å². The molecule has 0 amide bonds. The summed E-state index contributed by atoms with van der Waals surface area (Å²) >= 11 is 0. The van der Waals surface area contributed by atoms with Crippen LogP contribution in [-0.4, -0.2) is 39.0 Å². The molecular weight excluding hydrogens is 376 g/mol. The fourth-order valence-corrected chi connectivity index (χ4v) is 3.82. The van der Waals surface area contributed by atoms with Crippen LogP contribution < -0.4 is 10.6 Å². The van der Waals surface area contributed by atoms with Crippen LogP contribution in [0.15, 0.2) is 35.3 Å². The number of nitrogens with one attached hydrogen (secondary N) is 2. The van der Waals surface area contributed by atoms with Crippen molar-refractivity contribution < 1.29 is 4.74 Å². The summed E-state index contributed by atoms with van der Waals surface area (Å²) in [7, 11) is 1.98. The summed E-state index contributed by atoms with van der Waals surface area (Å²) in [5.74, 6) is 2.57. The first-order valence-corrected chi connectivity index (χ1v) is 11.0. The van der Waals surface area contributed by atoms with Gasteiger partial charge in [-0.1, -0.05) is 30.3 Å². The lowest BCUT2D eigenvalue weighted by Gasteiger charge is -2.31. The number of aryl methyl sites for hydroxylation is 1. The second-order valence-corrected chi connectivity index (χ2v) is 8.47. The van der Waals surface area contributed by atoms with Gasteiger partial charge in [-0.25, -0.2) is 4.99 Å². The molecule has 1 heterocycles. The summed E-state index contributed by atoms with van der Waals surface area (Å²) in [6, 6.07) is 11.0. The molecular formula is C23H36N6O. The molecule has 2 aromatic rings. The third-order valence-electron chi connectivity index (χ3n) is 5.69. The first kappa shape index (κ1) is 22.3. The van der Waals surface area contributed by atoms with E-state index in [0.29, 0.717) is 24.8 Å². The standard InChI is InChI=1S/C23H36N6O/c1-16(2)30-21-13-11-20(12-14-21)26-23(24-15-22-28-27-18(4)29(22)5)25-17(3)19-9-7-6-8-10-19/h6-10,16-17,20-21H,11-15H2,1-5H3,(H2,24,25,26). The van der Waals surface area contributed by atoms with Crippen molar-refractivity contribution >= 4 is 5.96 Å². The largest absolute Gasteiger partial charge is 0.376 e. The van der Waals surface area contributed by atoms with E-state index in [9.17, 15) is 0 Å². The zero-order valence-electron chi connectivity index (χ0n) is 18.9. The molecule has 164 valence electrons. The number of nitrogens with zero attached hydrogens (tertiary/aromatic N) is 4. The number of hydrogen-bond donors (Lipinski definition) is 2. The van der Waals surface area contributed by atoms with Gasteiger partial charge in [0.05, 0.1) is 18.2 Å². The van der Waals surface area contributed by atoms with Gasteiger partial charge in [0.25, 0.3) is 0 Å². The van der Waals surface area contributed by atoms with Crippen molar-refractivity contribution in [2.24, 2.45) is 12.0 Å². The molecule has 1 aromatic carbocycles. The molecule has 1 aromatic heterocycles. The minimum atomic E-state index is 0.152. The molecule has 3 rings (SSSR count). The van der Waals surface area contributed by atoms with Crippen molar-refractivity contribution in [3.63, 3.8) is 0 Å². The molecule has 7 heteroatoms. The van der Waals surface area contributed by atoms with E-state index in [0.717, 1.165) is 43.3 Å². The van der Waals surface area contributed by atoms with E-state index >= 15 is 0 Å². The lowest BCUT2D eigenvalue weighted by atomic mass is 9.93. The van der Waals surface area contributed by atoms with Crippen molar-refractivity contribution in [3.8, 4) is 0 Å². The minimum absolute atomic E-state index is 0.152. The van der Waals surface area contributed by atoms with Crippen LogP contribution in [0.1, 0.15) is 69.7 Å². The van der Waals surface area contributed by atoms with Crippen LogP contribution in [0.3, 0.4) is 0 Å². The third kappa shape index (κ3) is 6.29. The normalized spacial score (nSPS) is 20.9. The molecule has 0 saturated heterocycles. The maximum absolute atomic E-state index is 6.00. The Balaban J connectivity index is 1.66. The zero-order valence-corrected chi connectivity index (χ0v) is 18.9. The van der Waals surface area contributed by atoms with Gasteiger partial charge < -0.3 is 19.9 Å². The van der Waals surface area contributed by atoms with Crippen LogP contribution in [0, 0.1) is 6.92 Å². The molecule has 0 aliphatic heterocycles. The van der Waals surface area contributed by atoms with Crippen molar-refractivity contribution in [1.82, 2.24) is 25.4 Å². The van der Waals surface area contributed by atoms with E-state index in [1.807, 2.05) is 24.6 Å².